The van der Waals surface area contributed by atoms with E-state index in [2.05, 4.69) is 37.9 Å². The Bertz CT molecular complexity index is 654. The van der Waals surface area contributed by atoms with Gasteiger partial charge in [0.15, 0.2) is 18.1 Å². The fraction of sp³-hybridized carbons (Fsp3) is 0.412. The van der Waals surface area contributed by atoms with Gasteiger partial charge in [0.1, 0.15) is 0 Å². The highest BCUT2D eigenvalue weighted by atomic mass is 16.5. The molecule has 0 atom stereocenters. The quantitative estimate of drug-likeness (QED) is 0.832. The van der Waals surface area contributed by atoms with Gasteiger partial charge in [0.05, 0.1) is 7.11 Å². The molecule has 118 valence electrons. The smallest absolute Gasteiger partial charge is 0.254 e. The SMILES string of the molecule is COc1ccccc1OCc1nnc(/C=C(\C)C(C)(C)C)o1. The van der Waals surface area contributed by atoms with Crippen molar-refractivity contribution in [1.29, 1.82) is 0 Å². The van der Waals surface area contributed by atoms with Gasteiger partial charge in [-0.15, -0.1) is 10.2 Å². The lowest BCUT2D eigenvalue weighted by Crippen LogP contribution is -2.05. The van der Waals surface area contributed by atoms with Gasteiger partial charge in [-0.2, -0.15) is 0 Å². The first kappa shape index (κ1) is 16.1. The summed E-state index contributed by atoms with van der Waals surface area (Å²) in [4.78, 5) is 0. The molecule has 0 N–H and O–H groups in total. The summed E-state index contributed by atoms with van der Waals surface area (Å²) in [6.45, 7) is 8.67. The van der Waals surface area contributed by atoms with Gasteiger partial charge in [-0.1, -0.05) is 38.5 Å². The Morgan fingerprint density at radius 2 is 1.86 bits per heavy atom. The van der Waals surface area contributed by atoms with E-state index in [1.54, 1.807) is 7.11 Å². The minimum atomic E-state index is 0.0720. The van der Waals surface area contributed by atoms with Crippen LogP contribution < -0.4 is 9.47 Å². The number of ether oxygens (including phenoxy) is 2. The number of hydrogen-bond donors (Lipinski definition) is 0. The lowest BCUT2D eigenvalue weighted by molar-refractivity contribution is 0.249. The van der Waals surface area contributed by atoms with Crippen molar-refractivity contribution in [2.75, 3.05) is 7.11 Å². The van der Waals surface area contributed by atoms with E-state index >= 15 is 0 Å². The molecular formula is C17H22N2O3. The second kappa shape index (κ2) is 6.64. The molecule has 1 heterocycles. The summed E-state index contributed by atoms with van der Waals surface area (Å²) >= 11 is 0. The molecule has 1 aromatic heterocycles. The third-order valence-corrected chi connectivity index (χ3v) is 3.43. The maximum absolute atomic E-state index is 5.66. The Morgan fingerprint density at radius 3 is 2.50 bits per heavy atom. The van der Waals surface area contributed by atoms with Crippen LogP contribution in [0.1, 0.15) is 39.5 Å². The zero-order chi connectivity index (χ0) is 16.2. The topological polar surface area (TPSA) is 57.4 Å². The van der Waals surface area contributed by atoms with Crippen molar-refractivity contribution >= 4 is 6.08 Å². The average Bonchev–Trinajstić information content (AvgIpc) is 2.92. The van der Waals surface area contributed by atoms with Gasteiger partial charge in [0, 0.05) is 6.08 Å². The Morgan fingerprint density at radius 1 is 1.18 bits per heavy atom. The number of hydrogen-bond acceptors (Lipinski definition) is 5. The van der Waals surface area contributed by atoms with Crippen LogP contribution in [0.5, 0.6) is 11.5 Å². The fourth-order valence-corrected chi connectivity index (χ4v) is 1.66. The molecule has 0 amide bonds. The van der Waals surface area contributed by atoms with Crippen molar-refractivity contribution in [3.8, 4) is 11.5 Å². The summed E-state index contributed by atoms with van der Waals surface area (Å²) < 4.78 is 16.5. The third kappa shape index (κ3) is 4.10. The molecule has 0 bridgehead atoms. The van der Waals surface area contributed by atoms with Crippen LogP contribution in [0.25, 0.3) is 6.08 Å². The van der Waals surface area contributed by atoms with Crippen LogP contribution in [-0.4, -0.2) is 17.3 Å². The fourth-order valence-electron chi connectivity index (χ4n) is 1.66. The summed E-state index contributed by atoms with van der Waals surface area (Å²) in [7, 11) is 1.60. The Hall–Kier alpha value is -2.30. The Kier molecular flexibility index (Phi) is 4.85. The minimum Gasteiger partial charge on any atom is -0.493 e. The van der Waals surface area contributed by atoms with Gasteiger partial charge in [-0.3, -0.25) is 0 Å². The van der Waals surface area contributed by atoms with E-state index in [4.69, 9.17) is 13.9 Å². The number of rotatable bonds is 5. The maximum atomic E-state index is 5.66. The highest BCUT2D eigenvalue weighted by molar-refractivity contribution is 5.44. The molecule has 0 aliphatic heterocycles. The Balaban J connectivity index is 2.04. The van der Waals surface area contributed by atoms with Gasteiger partial charge >= 0.3 is 0 Å². The van der Waals surface area contributed by atoms with Crippen molar-refractivity contribution in [3.63, 3.8) is 0 Å². The third-order valence-electron chi connectivity index (χ3n) is 3.43. The molecule has 5 nitrogen and oxygen atoms in total. The number of aromatic nitrogens is 2. The van der Waals surface area contributed by atoms with Crippen molar-refractivity contribution < 1.29 is 13.9 Å². The lowest BCUT2D eigenvalue weighted by atomic mass is 9.87. The van der Waals surface area contributed by atoms with Crippen LogP contribution in [-0.2, 0) is 6.61 Å². The Labute approximate surface area is 131 Å². The molecule has 0 radical (unpaired) electrons. The molecule has 2 rings (SSSR count). The maximum Gasteiger partial charge on any atom is 0.254 e. The number of methoxy groups -OCH3 is 1. The van der Waals surface area contributed by atoms with Crippen LogP contribution in [0.4, 0.5) is 0 Å². The summed E-state index contributed by atoms with van der Waals surface area (Å²) in [5, 5.41) is 8.02. The number of allylic oxidation sites excluding steroid dienone is 1. The monoisotopic (exact) mass is 302 g/mol. The van der Waals surface area contributed by atoms with E-state index in [0.717, 1.165) is 0 Å². The van der Waals surface area contributed by atoms with E-state index < -0.39 is 0 Å². The molecule has 22 heavy (non-hydrogen) atoms. The normalized spacial score (nSPS) is 12.3. The summed E-state index contributed by atoms with van der Waals surface area (Å²) in [6, 6.07) is 7.44. The molecule has 0 saturated carbocycles. The van der Waals surface area contributed by atoms with E-state index in [0.29, 0.717) is 23.3 Å². The second-order valence-corrected chi connectivity index (χ2v) is 6.05. The van der Waals surface area contributed by atoms with Crippen LogP contribution in [0.2, 0.25) is 0 Å². The van der Waals surface area contributed by atoms with Gasteiger partial charge in [-0.25, -0.2) is 0 Å². The molecule has 1 aromatic carbocycles. The van der Waals surface area contributed by atoms with Crippen molar-refractivity contribution in [2.24, 2.45) is 5.41 Å². The molecule has 0 spiro atoms. The van der Waals surface area contributed by atoms with Crippen molar-refractivity contribution in [1.82, 2.24) is 10.2 Å². The number of benzene rings is 1. The summed E-state index contributed by atoms with van der Waals surface area (Å²) in [6.07, 6.45) is 1.90. The molecule has 0 unspecified atom stereocenters. The molecule has 2 aromatic rings. The lowest BCUT2D eigenvalue weighted by Gasteiger charge is -2.18. The van der Waals surface area contributed by atoms with Gasteiger partial charge in [-0.05, 0) is 24.5 Å². The van der Waals surface area contributed by atoms with E-state index in [-0.39, 0.29) is 12.0 Å². The molecule has 0 aliphatic rings. The second-order valence-electron chi connectivity index (χ2n) is 6.05. The van der Waals surface area contributed by atoms with Gasteiger partial charge in [0.2, 0.25) is 5.89 Å². The molecule has 0 fully saturated rings. The molecule has 5 heteroatoms. The zero-order valence-electron chi connectivity index (χ0n) is 13.7. The van der Waals surface area contributed by atoms with Crippen molar-refractivity contribution in [3.05, 3.63) is 41.6 Å². The van der Waals surface area contributed by atoms with Crippen LogP contribution in [0.3, 0.4) is 0 Å². The standard InChI is InChI=1S/C17H22N2O3/c1-12(17(2,3)4)10-15-18-19-16(22-15)11-21-14-9-7-6-8-13(14)20-5/h6-10H,11H2,1-5H3/b12-10+. The van der Waals surface area contributed by atoms with Crippen LogP contribution in [0, 0.1) is 5.41 Å². The van der Waals surface area contributed by atoms with Crippen molar-refractivity contribution in [2.45, 2.75) is 34.3 Å². The highest BCUT2D eigenvalue weighted by Gasteiger charge is 2.14. The van der Waals surface area contributed by atoms with Crippen LogP contribution >= 0.6 is 0 Å². The van der Waals surface area contributed by atoms with E-state index in [9.17, 15) is 0 Å². The average molecular weight is 302 g/mol. The molecule has 0 aliphatic carbocycles. The van der Waals surface area contributed by atoms with Gasteiger partial charge in [0.25, 0.3) is 5.89 Å². The first-order valence-corrected chi connectivity index (χ1v) is 7.17. The zero-order valence-corrected chi connectivity index (χ0v) is 13.7. The minimum absolute atomic E-state index is 0.0720. The predicted octanol–water partition coefficient (Wildman–Crippen LogP) is 4.11. The first-order valence-electron chi connectivity index (χ1n) is 7.17. The summed E-state index contributed by atoms with van der Waals surface area (Å²) in [5.41, 5.74) is 1.25. The molecular weight excluding hydrogens is 280 g/mol. The van der Waals surface area contributed by atoms with E-state index in [1.807, 2.05) is 30.3 Å². The number of para-hydroxylation sites is 2. The largest absolute Gasteiger partial charge is 0.493 e. The van der Waals surface area contributed by atoms with Crippen LogP contribution in [0.15, 0.2) is 34.3 Å². The summed E-state index contributed by atoms with van der Waals surface area (Å²) in [5.74, 6) is 2.24. The predicted molar refractivity (Wildman–Crippen MR) is 84.7 cm³/mol. The highest BCUT2D eigenvalue weighted by Crippen LogP contribution is 2.27. The first-order chi connectivity index (χ1) is 10.4. The number of nitrogens with zero attached hydrogens (tertiary/aromatic N) is 2. The molecule has 0 saturated heterocycles. The van der Waals surface area contributed by atoms with Gasteiger partial charge < -0.3 is 13.9 Å². The van der Waals surface area contributed by atoms with E-state index in [1.165, 1.54) is 5.57 Å².